The van der Waals surface area contributed by atoms with Crippen LogP contribution in [-0.2, 0) is 4.79 Å². The molecule has 92 valence electrons. The molecule has 0 aromatic heterocycles. The van der Waals surface area contributed by atoms with Crippen molar-refractivity contribution in [3.05, 3.63) is 23.8 Å². The number of ether oxygens (including phenoxy) is 1. The minimum absolute atomic E-state index is 0.0460. The molecule has 0 saturated carbocycles. The summed E-state index contributed by atoms with van der Waals surface area (Å²) in [7, 11) is 2.87. The molecule has 1 aromatic rings. The Kier molecular flexibility index (Phi) is 4.33. The smallest absolute Gasteiger partial charge is 0.251 e. The monoisotopic (exact) mass is 238 g/mol. The Bertz CT molecular complexity index is 431. The van der Waals surface area contributed by atoms with Crippen LogP contribution in [0.1, 0.15) is 10.4 Å². The topological polar surface area (TPSA) is 87.7 Å². The average molecular weight is 238 g/mol. The number of nitrogens with one attached hydrogen (secondary N) is 2. The van der Waals surface area contributed by atoms with Crippen molar-refractivity contribution in [1.82, 2.24) is 10.6 Å². The summed E-state index contributed by atoms with van der Waals surface area (Å²) in [5.74, 6) is -0.538. The van der Waals surface area contributed by atoms with Gasteiger partial charge >= 0.3 is 0 Å². The maximum absolute atomic E-state index is 11.6. The molecule has 0 radical (unpaired) electrons. The number of hydrogen-bond donors (Lipinski definition) is 3. The van der Waals surface area contributed by atoms with Crippen LogP contribution in [0.3, 0.4) is 0 Å². The second-order valence-corrected chi connectivity index (χ2v) is 3.24. The van der Waals surface area contributed by atoms with E-state index in [1.807, 2.05) is 0 Å². The van der Waals surface area contributed by atoms with Gasteiger partial charge in [-0.1, -0.05) is 0 Å². The second kappa shape index (κ2) is 5.74. The minimum atomic E-state index is -0.410. The maximum Gasteiger partial charge on any atom is 0.251 e. The van der Waals surface area contributed by atoms with Gasteiger partial charge in [0, 0.05) is 12.6 Å². The lowest BCUT2D eigenvalue weighted by Crippen LogP contribution is -2.35. The molecule has 1 aromatic carbocycles. The number of aromatic hydroxyl groups is 1. The molecule has 0 fully saturated rings. The Labute approximate surface area is 98.6 Å². The van der Waals surface area contributed by atoms with Crippen LogP contribution in [0.25, 0.3) is 0 Å². The van der Waals surface area contributed by atoms with Gasteiger partial charge in [0.1, 0.15) is 0 Å². The van der Waals surface area contributed by atoms with E-state index in [-0.39, 0.29) is 24.0 Å². The van der Waals surface area contributed by atoms with E-state index < -0.39 is 5.91 Å². The van der Waals surface area contributed by atoms with Gasteiger partial charge in [0.15, 0.2) is 11.5 Å². The summed E-state index contributed by atoms with van der Waals surface area (Å²) in [5.41, 5.74) is 0.309. The van der Waals surface area contributed by atoms with Gasteiger partial charge in [-0.3, -0.25) is 9.59 Å². The molecule has 2 amide bonds. The van der Waals surface area contributed by atoms with Crippen LogP contribution in [0.15, 0.2) is 18.2 Å². The molecular weight excluding hydrogens is 224 g/mol. The molecular formula is C11H14N2O4. The number of rotatable bonds is 4. The van der Waals surface area contributed by atoms with Gasteiger partial charge in [0.25, 0.3) is 5.91 Å². The first-order valence-corrected chi connectivity index (χ1v) is 4.94. The summed E-state index contributed by atoms with van der Waals surface area (Å²) < 4.78 is 4.87. The average Bonchev–Trinajstić information content (AvgIpc) is 2.35. The van der Waals surface area contributed by atoms with Crippen LogP contribution in [0.2, 0.25) is 0 Å². The highest BCUT2D eigenvalue weighted by atomic mass is 16.5. The molecule has 3 N–H and O–H groups in total. The van der Waals surface area contributed by atoms with Crippen LogP contribution in [0.5, 0.6) is 11.5 Å². The first kappa shape index (κ1) is 12.8. The molecule has 0 bridgehead atoms. The predicted octanol–water partition coefficient (Wildman–Crippen LogP) is -0.123. The number of carbonyl (C=O) groups is 2. The number of likely N-dealkylation sites (N-methyl/N-ethyl adjacent to an activating group) is 1. The summed E-state index contributed by atoms with van der Waals surface area (Å²) >= 11 is 0. The zero-order valence-corrected chi connectivity index (χ0v) is 9.61. The van der Waals surface area contributed by atoms with E-state index in [0.717, 1.165) is 0 Å². The van der Waals surface area contributed by atoms with Crippen LogP contribution in [0.4, 0.5) is 0 Å². The first-order valence-electron chi connectivity index (χ1n) is 4.94. The standard InChI is InChI=1S/C11H14N2O4/c1-12-10(15)6-13-11(16)7-3-4-8(14)9(5-7)17-2/h3-5,14H,6H2,1-2H3,(H,12,15)(H,13,16). The largest absolute Gasteiger partial charge is 0.504 e. The summed E-state index contributed by atoms with van der Waals surface area (Å²) in [5, 5.41) is 14.2. The SMILES string of the molecule is CNC(=O)CNC(=O)c1ccc(O)c(OC)c1. The van der Waals surface area contributed by atoms with Crippen molar-refractivity contribution in [1.29, 1.82) is 0 Å². The van der Waals surface area contributed by atoms with Gasteiger partial charge in [-0.15, -0.1) is 0 Å². The fourth-order valence-electron chi connectivity index (χ4n) is 1.17. The normalized spacial score (nSPS) is 9.53. The van der Waals surface area contributed by atoms with Crippen LogP contribution >= 0.6 is 0 Å². The number of amides is 2. The van der Waals surface area contributed by atoms with Gasteiger partial charge in [-0.05, 0) is 18.2 Å². The third-order valence-electron chi connectivity index (χ3n) is 2.13. The van der Waals surface area contributed by atoms with E-state index in [2.05, 4.69) is 10.6 Å². The maximum atomic E-state index is 11.6. The molecule has 0 unspecified atom stereocenters. The van der Waals surface area contributed by atoms with E-state index >= 15 is 0 Å². The molecule has 1 rings (SSSR count). The zero-order chi connectivity index (χ0) is 12.8. The van der Waals surface area contributed by atoms with Gasteiger partial charge in [0.2, 0.25) is 5.91 Å². The van der Waals surface area contributed by atoms with E-state index in [0.29, 0.717) is 5.56 Å². The van der Waals surface area contributed by atoms with Gasteiger partial charge in [-0.25, -0.2) is 0 Å². The number of phenols is 1. The number of carbonyl (C=O) groups excluding carboxylic acids is 2. The van der Waals surface area contributed by atoms with Crippen molar-refractivity contribution >= 4 is 11.8 Å². The van der Waals surface area contributed by atoms with E-state index in [1.54, 1.807) is 0 Å². The Hall–Kier alpha value is -2.24. The molecule has 6 nitrogen and oxygen atoms in total. The predicted molar refractivity (Wildman–Crippen MR) is 61.1 cm³/mol. The lowest BCUT2D eigenvalue weighted by Gasteiger charge is -2.07. The molecule has 0 aliphatic heterocycles. The van der Waals surface area contributed by atoms with Gasteiger partial charge in [-0.2, -0.15) is 0 Å². The third kappa shape index (κ3) is 3.37. The number of phenolic OH excluding ortho intramolecular Hbond substituents is 1. The molecule has 0 spiro atoms. The summed E-state index contributed by atoms with van der Waals surface area (Å²) in [6.45, 7) is -0.0987. The second-order valence-electron chi connectivity index (χ2n) is 3.24. The zero-order valence-electron chi connectivity index (χ0n) is 9.61. The fraction of sp³-hybridized carbons (Fsp3) is 0.273. The Morgan fingerprint density at radius 3 is 2.71 bits per heavy atom. The van der Waals surface area contributed by atoms with E-state index in [1.165, 1.54) is 32.4 Å². The van der Waals surface area contributed by atoms with Crippen molar-refractivity contribution in [2.75, 3.05) is 20.7 Å². The van der Waals surface area contributed by atoms with E-state index in [9.17, 15) is 14.7 Å². The Morgan fingerprint density at radius 2 is 2.12 bits per heavy atom. The van der Waals surface area contributed by atoms with Crippen molar-refractivity contribution in [2.45, 2.75) is 0 Å². The summed E-state index contributed by atoms with van der Waals surface area (Å²) in [6.07, 6.45) is 0. The van der Waals surface area contributed by atoms with Crippen molar-refractivity contribution in [3.63, 3.8) is 0 Å². The lowest BCUT2D eigenvalue weighted by molar-refractivity contribution is -0.119. The molecule has 17 heavy (non-hydrogen) atoms. The summed E-state index contributed by atoms with van der Waals surface area (Å²) in [6, 6.07) is 4.19. The van der Waals surface area contributed by atoms with Gasteiger partial charge in [0.05, 0.1) is 13.7 Å². The number of hydrogen-bond acceptors (Lipinski definition) is 4. The molecule has 0 aliphatic rings. The van der Waals surface area contributed by atoms with Crippen molar-refractivity contribution in [2.24, 2.45) is 0 Å². The van der Waals surface area contributed by atoms with Crippen LogP contribution in [-0.4, -0.2) is 37.6 Å². The minimum Gasteiger partial charge on any atom is -0.504 e. The fourth-order valence-corrected chi connectivity index (χ4v) is 1.17. The third-order valence-corrected chi connectivity index (χ3v) is 2.13. The highest BCUT2D eigenvalue weighted by Gasteiger charge is 2.10. The first-order chi connectivity index (χ1) is 8.08. The number of benzene rings is 1. The molecule has 0 atom stereocenters. The highest BCUT2D eigenvalue weighted by Crippen LogP contribution is 2.25. The Morgan fingerprint density at radius 1 is 1.41 bits per heavy atom. The van der Waals surface area contributed by atoms with Crippen molar-refractivity contribution in [3.8, 4) is 11.5 Å². The molecule has 0 heterocycles. The molecule has 6 heteroatoms. The van der Waals surface area contributed by atoms with Gasteiger partial charge < -0.3 is 20.5 Å². The Balaban J connectivity index is 2.72. The molecule has 0 saturated heterocycles. The van der Waals surface area contributed by atoms with Crippen LogP contribution < -0.4 is 15.4 Å². The lowest BCUT2D eigenvalue weighted by atomic mass is 10.2. The van der Waals surface area contributed by atoms with Crippen LogP contribution in [0, 0.1) is 0 Å². The van der Waals surface area contributed by atoms with E-state index in [4.69, 9.17) is 4.74 Å². The number of methoxy groups -OCH3 is 1. The van der Waals surface area contributed by atoms with Crippen molar-refractivity contribution < 1.29 is 19.4 Å². The highest BCUT2D eigenvalue weighted by molar-refractivity contribution is 5.96. The quantitative estimate of drug-likeness (QED) is 0.682. The summed E-state index contributed by atoms with van der Waals surface area (Å²) in [4.78, 5) is 22.6. The molecule has 0 aliphatic carbocycles.